The van der Waals surface area contributed by atoms with Crippen LogP contribution in [0, 0.1) is 0 Å². The number of nitrogens with zero attached hydrogens (tertiary/aromatic N) is 5. The molecule has 0 radical (unpaired) electrons. The van der Waals surface area contributed by atoms with Gasteiger partial charge in [0.05, 0.1) is 5.69 Å². The number of rotatable bonds is 5. The predicted octanol–water partition coefficient (Wildman–Crippen LogP) is 2.16. The molecular weight excluding hydrogens is 380 g/mol. The molecule has 4 heterocycles. The van der Waals surface area contributed by atoms with E-state index in [9.17, 15) is 9.59 Å². The van der Waals surface area contributed by atoms with Crippen molar-refractivity contribution in [3.8, 4) is 0 Å². The lowest BCUT2D eigenvalue weighted by Gasteiger charge is -2.28. The van der Waals surface area contributed by atoms with Crippen LogP contribution in [0.3, 0.4) is 0 Å². The molecule has 1 aliphatic carbocycles. The van der Waals surface area contributed by atoms with Gasteiger partial charge in [-0.05, 0) is 38.2 Å². The van der Waals surface area contributed by atoms with Gasteiger partial charge in [-0.2, -0.15) is 10.2 Å². The standard InChI is InChI=1S/C22H30N6O2/c1-26-20-9-12-28(22(30)19-13-18(23-24-19)15-5-6-15)14-16(20)17(25-26)7-8-21(29)27-10-3-2-4-11-27/h13,15H,2-12,14H2,1H3,(H,23,24). The average molecular weight is 411 g/mol. The van der Waals surface area contributed by atoms with Crippen molar-refractivity contribution in [1.82, 2.24) is 29.8 Å². The monoisotopic (exact) mass is 410 g/mol. The second kappa shape index (κ2) is 7.89. The molecule has 3 aliphatic rings. The second-order valence-corrected chi connectivity index (χ2v) is 8.90. The Morgan fingerprint density at radius 3 is 2.70 bits per heavy atom. The van der Waals surface area contributed by atoms with Crippen molar-refractivity contribution in [2.45, 2.75) is 63.8 Å². The topological polar surface area (TPSA) is 87.1 Å². The minimum atomic E-state index is -0.0250. The molecule has 160 valence electrons. The number of piperidine rings is 1. The van der Waals surface area contributed by atoms with Crippen LogP contribution in [0.1, 0.15) is 77.6 Å². The SMILES string of the molecule is Cn1nc(CCC(=O)N2CCCCC2)c2c1CCN(C(=O)c1cc(C3CC3)[nH]n1)C2. The fourth-order valence-corrected chi connectivity index (χ4v) is 4.78. The van der Waals surface area contributed by atoms with Crippen molar-refractivity contribution < 1.29 is 9.59 Å². The molecule has 2 aromatic rings. The number of nitrogens with one attached hydrogen (secondary N) is 1. The molecule has 5 rings (SSSR count). The fourth-order valence-electron chi connectivity index (χ4n) is 4.78. The molecule has 1 saturated carbocycles. The number of aromatic amines is 1. The molecule has 2 fully saturated rings. The summed E-state index contributed by atoms with van der Waals surface area (Å²) in [6.45, 7) is 2.98. The summed E-state index contributed by atoms with van der Waals surface area (Å²) in [5, 5.41) is 12.0. The lowest BCUT2D eigenvalue weighted by Crippen LogP contribution is -2.37. The number of likely N-dealkylation sites (tertiary alicyclic amines) is 1. The maximum Gasteiger partial charge on any atom is 0.274 e. The highest BCUT2D eigenvalue weighted by molar-refractivity contribution is 5.92. The van der Waals surface area contributed by atoms with Crippen LogP contribution < -0.4 is 0 Å². The van der Waals surface area contributed by atoms with Gasteiger partial charge < -0.3 is 9.80 Å². The van der Waals surface area contributed by atoms with Crippen LogP contribution in [0.25, 0.3) is 0 Å². The number of aromatic nitrogens is 4. The molecule has 2 aromatic heterocycles. The minimum Gasteiger partial charge on any atom is -0.343 e. The smallest absolute Gasteiger partial charge is 0.274 e. The Balaban J connectivity index is 1.26. The zero-order chi connectivity index (χ0) is 20.7. The van der Waals surface area contributed by atoms with E-state index in [0.717, 1.165) is 49.3 Å². The maximum atomic E-state index is 13.0. The average Bonchev–Trinajstić information content (AvgIpc) is 3.43. The normalized spacial score (nSPS) is 19.1. The van der Waals surface area contributed by atoms with E-state index in [1.54, 1.807) is 0 Å². The number of carbonyl (C=O) groups is 2. The summed E-state index contributed by atoms with van der Waals surface area (Å²) in [4.78, 5) is 29.5. The van der Waals surface area contributed by atoms with E-state index < -0.39 is 0 Å². The predicted molar refractivity (Wildman–Crippen MR) is 111 cm³/mol. The van der Waals surface area contributed by atoms with Crippen LogP contribution in [0.2, 0.25) is 0 Å². The molecule has 8 heteroatoms. The van der Waals surface area contributed by atoms with E-state index in [2.05, 4.69) is 10.2 Å². The summed E-state index contributed by atoms with van der Waals surface area (Å²) < 4.78 is 1.93. The number of amides is 2. The molecule has 1 saturated heterocycles. The van der Waals surface area contributed by atoms with E-state index in [1.807, 2.05) is 27.6 Å². The van der Waals surface area contributed by atoms with Crippen LogP contribution >= 0.6 is 0 Å². The van der Waals surface area contributed by atoms with E-state index in [-0.39, 0.29) is 11.8 Å². The van der Waals surface area contributed by atoms with Gasteiger partial charge in [-0.15, -0.1) is 0 Å². The maximum absolute atomic E-state index is 13.0. The summed E-state index contributed by atoms with van der Waals surface area (Å²) in [7, 11) is 1.96. The Labute approximate surface area is 176 Å². The van der Waals surface area contributed by atoms with Gasteiger partial charge in [0.2, 0.25) is 5.91 Å². The first-order chi connectivity index (χ1) is 14.6. The Bertz CT molecular complexity index is 951. The summed E-state index contributed by atoms with van der Waals surface area (Å²) in [6, 6.07) is 1.91. The largest absolute Gasteiger partial charge is 0.343 e. The van der Waals surface area contributed by atoms with Gasteiger partial charge in [-0.25, -0.2) is 0 Å². The first kappa shape index (κ1) is 19.3. The fraction of sp³-hybridized carbons (Fsp3) is 0.636. The zero-order valence-electron chi connectivity index (χ0n) is 17.7. The molecule has 0 aromatic carbocycles. The van der Waals surface area contributed by atoms with Crippen molar-refractivity contribution in [3.05, 3.63) is 34.4 Å². The highest BCUT2D eigenvalue weighted by Crippen LogP contribution is 2.39. The summed E-state index contributed by atoms with van der Waals surface area (Å²) >= 11 is 0. The minimum absolute atomic E-state index is 0.0250. The number of hydrogen-bond acceptors (Lipinski definition) is 4. The number of fused-ring (bicyclic) bond motifs is 1. The molecule has 2 amide bonds. The van der Waals surface area contributed by atoms with Gasteiger partial charge in [0, 0.05) is 75.4 Å². The van der Waals surface area contributed by atoms with Crippen LogP contribution in [-0.4, -0.2) is 61.2 Å². The van der Waals surface area contributed by atoms with E-state index in [0.29, 0.717) is 37.5 Å². The Morgan fingerprint density at radius 2 is 1.93 bits per heavy atom. The highest BCUT2D eigenvalue weighted by atomic mass is 16.2. The van der Waals surface area contributed by atoms with Gasteiger partial charge in [0.1, 0.15) is 5.69 Å². The molecular formula is C22H30N6O2. The Morgan fingerprint density at radius 1 is 1.13 bits per heavy atom. The van der Waals surface area contributed by atoms with Crippen molar-refractivity contribution >= 4 is 11.8 Å². The van der Waals surface area contributed by atoms with Crippen LogP contribution in [0.4, 0.5) is 0 Å². The van der Waals surface area contributed by atoms with E-state index in [4.69, 9.17) is 5.10 Å². The lowest BCUT2D eigenvalue weighted by atomic mass is 10.0. The van der Waals surface area contributed by atoms with Gasteiger partial charge >= 0.3 is 0 Å². The third kappa shape index (κ3) is 3.75. The molecule has 1 N–H and O–H groups in total. The molecule has 0 bridgehead atoms. The number of hydrogen-bond donors (Lipinski definition) is 1. The zero-order valence-corrected chi connectivity index (χ0v) is 17.7. The first-order valence-corrected chi connectivity index (χ1v) is 11.3. The molecule has 30 heavy (non-hydrogen) atoms. The molecule has 2 aliphatic heterocycles. The van der Waals surface area contributed by atoms with E-state index in [1.165, 1.54) is 25.0 Å². The third-order valence-corrected chi connectivity index (χ3v) is 6.73. The van der Waals surface area contributed by atoms with Crippen LogP contribution in [0.5, 0.6) is 0 Å². The van der Waals surface area contributed by atoms with Gasteiger partial charge in [0.15, 0.2) is 0 Å². The van der Waals surface area contributed by atoms with Crippen molar-refractivity contribution in [3.63, 3.8) is 0 Å². The second-order valence-electron chi connectivity index (χ2n) is 8.90. The molecule has 0 unspecified atom stereocenters. The molecule has 8 nitrogen and oxygen atoms in total. The van der Waals surface area contributed by atoms with Gasteiger partial charge in [-0.1, -0.05) is 0 Å². The summed E-state index contributed by atoms with van der Waals surface area (Å²) in [6.07, 6.45) is 7.70. The Kier molecular flexibility index (Phi) is 5.08. The van der Waals surface area contributed by atoms with Crippen molar-refractivity contribution in [1.29, 1.82) is 0 Å². The lowest BCUT2D eigenvalue weighted by molar-refractivity contribution is -0.132. The number of carbonyl (C=O) groups excluding carboxylic acids is 2. The van der Waals surface area contributed by atoms with Gasteiger partial charge in [-0.3, -0.25) is 19.4 Å². The van der Waals surface area contributed by atoms with Crippen LogP contribution in [0.15, 0.2) is 6.07 Å². The highest BCUT2D eigenvalue weighted by Gasteiger charge is 2.31. The van der Waals surface area contributed by atoms with Crippen molar-refractivity contribution in [2.24, 2.45) is 7.05 Å². The quantitative estimate of drug-likeness (QED) is 0.818. The summed E-state index contributed by atoms with van der Waals surface area (Å²) in [5.74, 6) is 0.749. The van der Waals surface area contributed by atoms with Crippen LogP contribution in [-0.2, 0) is 31.2 Å². The first-order valence-electron chi connectivity index (χ1n) is 11.3. The molecule has 0 atom stereocenters. The summed E-state index contributed by atoms with van der Waals surface area (Å²) in [5.41, 5.74) is 4.83. The molecule has 0 spiro atoms. The van der Waals surface area contributed by atoms with E-state index >= 15 is 0 Å². The number of H-pyrrole nitrogens is 1. The number of aryl methyl sites for hydroxylation is 2. The third-order valence-electron chi connectivity index (χ3n) is 6.73. The Hall–Kier alpha value is -2.64. The van der Waals surface area contributed by atoms with Crippen molar-refractivity contribution in [2.75, 3.05) is 19.6 Å². The van der Waals surface area contributed by atoms with Gasteiger partial charge in [0.25, 0.3) is 5.91 Å².